The quantitative estimate of drug-likeness (QED) is 0.756. The molecule has 0 unspecified atom stereocenters. The standard InChI is InChI=1S/C11H15N3S/c1-4-12-5-2-8(1)11-9-7-15-6-3-10(9)13-14-11/h1,12H,2-7H2,(H,13,14). The molecule has 1 aromatic rings. The largest absolute Gasteiger partial charge is 0.313 e. The molecule has 0 spiro atoms. The van der Waals surface area contributed by atoms with Gasteiger partial charge in [-0.2, -0.15) is 16.9 Å². The predicted octanol–water partition coefficient (Wildman–Crippen LogP) is 1.58. The van der Waals surface area contributed by atoms with E-state index >= 15 is 0 Å². The molecule has 3 nitrogen and oxygen atoms in total. The van der Waals surface area contributed by atoms with Gasteiger partial charge in [-0.05, 0) is 30.7 Å². The molecule has 0 fully saturated rings. The van der Waals surface area contributed by atoms with Gasteiger partial charge >= 0.3 is 0 Å². The predicted molar refractivity (Wildman–Crippen MR) is 63.9 cm³/mol. The number of hydrogen-bond donors (Lipinski definition) is 2. The summed E-state index contributed by atoms with van der Waals surface area (Å²) in [6, 6.07) is 0. The molecule has 0 atom stereocenters. The van der Waals surface area contributed by atoms with Crippen LogP contribution in [0, 0.1) is 0 Å². The molecule has 2 aliphatic heterocycles. The van der Waals surface area contributed by atoms with Crippen LogP contribution in [-0.2, 0) is 12.2 Å². The van der Waals surface area contributed by atoms with Crippen LogP contribution in [0.4, 0.5) is 0 Å². The van der Waals surface area contributed by atoms with Crippen LogP contribution < -0.4 is 5.32 Å². The minimum atomic E-state index is 0.990. The Hall–Kier alpha value is -0.740. The lowest BCUT2D eigenvalue weighted by Gasteiger charge is -2.15. The summed E-state index contributed by atoms with van der Waals surface area (Å²) in [7, 11) is 0. The lowest BCUT2D eigenvalue weighted by molar-refractivity contribution is 0.736. The molecule has 15 heavy (non-hydrogen) atoms. The zero-order valence-electron chi connectivity index (χ0n) is 8.68. The smallest absolute Gasteiger partial charge is 0.0921 e. The maximum atomic E-state index is 4.49. The van der Waals surface area contributed by atoms with Crippen molar-refractivity contribution in [1.82, 2.24) is 15.5 Å². The van der Waals surface area contributed by atoms with Gasteiger partial charge in [0, 0.05) is 23.6 Å². The Balaban J connectivity index is 1.97. The second kappa shape index (κ2) is 4.02. The fourth-order valence-electron chi connectivity index (χ4n) is 2.22. The molecule has 0 bridgehead atoms. The first kappa shape index (κ1) is 9.48. The zero-order valence-corrected chi connectivity index (χ0v) is 9.49. The Morgan fingerprint density at radius 3 is 3.20 bits per heavy atom. The number of thioether (sulfide) groups is 1. The third kappa shape index (κ3) is 1.72. The summed E-state index contributed by atoms with van der Waals surface area (Å²) in [4.78, 5) is 0. The number of aromatic amines is 1. The number of aromatic nitrogens is 2. The fourth-order valence-corrected chi connectivity index (χ4v) is 3.22. The van der Waals surface area contributed by atoms with E-state index in [1.54, 1.807) is 0 Å². The Bertz CT molecular complexity index is 395. The van der Waals surface area contributed by atoms with Gasteiger partial charge in [0.1, 0.15) is 0 Å². The monoisotopic (exact) mass is 221 g/mol. The van der Waals surface area contributed by atoms with Gasteiger partial charge in [-0.15, -0.1) is 0 Å². The number of nitrogens with zero attached hydrogens (tertiary/aromatic N) is 1. The van der Waals surface area contributed by atoms with Gasteiger partial charge in [0.25, 0.3) is 0 Å². The van der Waals surface area contributed by atoms with Crippen molar-refractivity contribution in [3.63, 3.8) is 0 Å². The molecule has 4 heteroatoms. The summed E-state index contributed by atoms with van der Waals surface area (Å²) < 4.78 is 0. The van der Waals surface area contributed by atoms with E-state index in [9.17, 15) is 0 Å². The van der Waals surface area contributed by atoms with Crippen molar-refractivity contribution < 1.29 is 0 Å². The van der Waals surface area contributed by atoms with Crippen molar-refractivity contribution in [2.45, 2.75) is 18.6 Å². The summed E-state index contributed by atoms with van der Waals surface area (Å²) in [5.74, 6) is 2.36. The molecule has 0 aromatic carbocycles. The van der Waals surface area contributed by atoms with E-state index in [0.717, 1.165) is 31.7 Å². The summed E-state index contributed by atoms with van der Waals surface area (Å²) in [6.45, 7) is 2.07. The molecule has 1 aromatic heterocycles. The van der Waals surface area contributed by atoms with Crippen molar-refractivity contribution in [3.05, 3.63) is 23.0 Å². The Labute approximate surface area is 93.7 Å². The average Bonchev–Trinajstić information content (AvgIpc) is 2.74. The zero-order chi connectivity index (χ0) is 10.1. The van der Waals surface area contributed by atoms with E-state index in [4.69, 9.17) is 0 Å². The maximum absolute atomic E-state index is 4.49. The van der Waals surface area contributed by atoms with E-state index in [2.05, 4.69) is 21.6 Å². The molecule has 0 saturated carbocycles. The highest BCUT2D eigenvalue weighted by atomic mass is 32.2. The average molecular weight is 221 g/mol. The highest BCUT2D eigenvalue weighted by Gasteiger charge is 2.19. The SMILES string of the molecule is C1=C(c2n[nH]c3c2CSCC3)CCNC1. The van der Waals surface area contributed by atoms with Gasteiger partial charge in [0.15, 0.2) is 0 Å². The first-order valence-electron chi connectivity index (χ1n) is 5.49. The number of H-pyrrole nitrogens is 1. The van der Waals surface area contributed by atoms with Gasteiger partial charge in [0.2, 0.25) is 0 Å². The summed E-state index contributed by atoms with van der Waals surface area (Å²) >= 11 is 2.02. The van der Waals surface area contributed by atoms with E-state index in [0.29, 0.717) is 0 Å². The number of fused-ring (bicyclic) bond motifs is 1. The highest BCUT2D eigenvalue weighted by Crippen LogP contribution is 2.30. The van der Waals surface area contributed by atoms with Gasteiger partial charge < -0.3 is 5.32 Å². The van der Waals surface area contributed by atoms with Crippen LogP contribution in [0.5, 0.6) is 0 Å². The van der Waals surface area contributed by atoms with Crippen molar-refractivity contribution >= 4 is 17.3 Å². The van der Waals surface area contributed by atoms with Crippen LogP contribution in [0.25, 0.3) is 5.57 Å². The van der Waals surface area contributed by atoms with E-state index < -0.39 is 0 Å². The van der Waals surface area contributed by atoms with E-state index in [1.165, 1.54) is 28.3 Å². The molecule has 0 radical (unpaired) electrons. The number of rotatable bonds is 1. The molecule has 80 valence electrons. The van der Waals surface area contributed by atoms with Crippen molar-refractivity contribution in [3.8, 4) is 0 Å². The van der Waals surface area contributed by atoms with Crippen molar-refractivity contribution in [1.29, 1.82) is 0 Å². The second-order valence-electron chi connectivity index (χ2n) is 4.02. The van der Waals surface area contributed by atoms with Gasteiger partial charge in [-0.1, -0.05) is 6.08 Å². The first-order chi connectivity index (χ1) is 7.45. The topological polar surface area (TPSA) is 40.7 Å². The maximum Gasteiger partial charge on any atom is 0.0921 e. The number of hydrogen-bond acceptors (Lipinski definition) is 3. The molecule has 0 aliphatic carbocycles. The fraction of sp³-hybridized carbons (Fsp3) is 0.545. The van der Waals surface area contributed by atoms with Crippen LogP contribution in [0.2, 0.25) is 0 Å². The van der Waals surface area contributed by atoms with Crippen LogP contribution in [0.3, 0.4) is 0 Å². The van der Waals surface area contributed by atoms with Crippen molar-refractivity contribution in [2.75, 3.05) is 18.8 Å². The minimum Gasteiger partial charge on any atom is -0.313 e. The van der Waals surface area contributed by atoms with Crippen LogP contribution in [-0.4, -0.2) is 29.0 Å². The molecule has 0 saturated heterocycles. The van der Waals surface area contributed by atoms with E-state index in [-0.39, 0.29) is 0 Å². The molecule has 2 aliphatic rings. The summed E-state index contributed by atoms with van der Waals surface area (Å²) in [5.41, 5.74) is 5.48. The Morgan fingerprint density at radius 1 is 1.33 bits per heavy atom. The lowest BCUT2D eigenvalue weighted by atomic mass is 10.0. The van der Waals surface area contributed by atoms with Gasteiger partial charge in [0.05, 0.1) is 5.69 Å². The van der Waals surface area contributed by atoms with E-state index in [1.807, 2.05) is 11.8 Å². The Morgan fingerprint density at radius 2 is 2.33 bits per heavy atom. The number of aryl methyl sites for hydroxylation is 1. The van der Waals surface area contributed by atoms with Gasteiger partial charge in [-0.25, -0.2) is 0 Å². The molecule has 0 amide bonds. The highest BCUT2D eigenvalue weighted by molar-refractivity contribution is 7.98. The van der Waals surface area contributed by atoms with Crippen LogP contribution in [0.1, 0.15) is 23.4 Å². The third-order valence-electron chi connectivity index (χ3n) is 3.06. The van der Waals surface area contributed by atoms with Crippen LogP contribution >= 0.6 is 11.8 Å². The molecule has 2 N–H and O–H groups in total. The summed E-state index contributed by atoms with van der Waals surface area (Å²) in [6.07, 6.45) is 4.54. The molecule has 3 heterocycles. The first-order valence-corrected chi connectivity index (χ1v) is 6.64. The van der Waals surface area contributed by atoms with Gasteiger partial charge in [-0.3, -0.25) is 5.10 Å². The summed E-state index contributed by atoms with van der Waals surface area (Å²) in [5, 5.41) is 11.0. The normalized spacial score (nSPS) is 20.9. The molecular formula is C11H15N3S. The van der Waals surface area contributed by atoms with Crippen molar-refractivity contribution in [2.24, 2.45) is 0 Å². The minimum absolute atomic E-state index is 0.990. The molecule has 3 rings (SSSR count). The Kier molecular flexibility index (Phi) is 2.54. The lowest BCUT2D eigenvalue weighted by Crippen LogP contribution is -2.20. The number of nitrogens with one attached hydrogen (secondary N) is 2. The molecular weight excluding hydrogens is 206 g/mol. The van der Waals surface area contributed by atoms with Crippen LogP contribution in [0.15, 0.2) is 6.08 Å². The second-order valence-corrected chi connectivity index (χ2v) is 5.12. The third-order valence-corrected chi connectivity index (χ3v) is 4.05.